The number of rotatable bonds is 10. The van der Waals surface area contributed by atoms with Gasteiger partial charge in [-0.05, 0) is 61.4 Å². The van der Waals surface area contributed by atoms with Gasteiger partial charge in [-0.1, -0.05) is 0 Å². The average Bonchev–Trinajstić information content (AvgIpc) is 2.65. The van der Waals surface area contributed by atoms with E-state index < -0.39 is 5.97 Å². The molecule has 0 saturated carbocycles. The van der Waals surface area contributed by atoms with Crippen LogP contribution in [0.1, 0.15) is 23.2 Å². The first-order chi connectivity index (χ1) is 12.2. The van der Waals surface area contributed by atoms with Gasteiger partial charge in [-0.2, -0.15) is 0 Å². The monoisotopic (exact) mass is 344 g/mol. The zero-order valence-corrected chi connectivity index (χ0v) is 14.0. The highest BCUT2D eigenvalue weighted by molar-refractivity contribution is 5.91. The van der Waals surface area contributed by atoms with Crippen LogP contribution in [0.2, 0.25) is 0 Å². The maximum Gasteiger partial charge on any atom is 0.343 e. The number of carbonyl (C=O) groups is 2. The van der Waals surface area contributed by atoms with Gasteiger partial charge in [0.05, 0.1) is 25.9 Å². The van der Waals surface area contributed by atoms with Gasteiger partial charge >= 0.3 is 5.97 Å². The summed E-state index contributed by atoms with van der Waals surface area (Å²) in [5, 5.41) is 0. The third-order valence-electron chi connectivity index (χ3n) is 3.35. The number of unbranched alkanes of at least 4 members (excludes halogenated alkanes) is 1. The van der Waals surface area contributed by atoms with E-state index in [4.69, 9.17) is 14.2 Å². The standard InChI is InChI=1S/C19H20O6/c1-22-16-8-10-18(11-9-16)25-19(21)15-4-6-17(7-5-15)24-13-3-2-12-23-14-20/h4-11,14H,2-3,12-13H2,1H3. The smallest absolute Gasteiger partial charge is 0.343 e. The van der Waals surface area contributed by atoms with Crippen LogP contribution >= 0.6 is 0 Å². The maximum atomic E-state index is 12.1. The van der Waals surface area contributed by atoms with Gasteiger partial charge < -0.3 is 18.9 Å². The van der Waals surface area contributed by atoms with E-state index in [1.54, 1.807) is 55.6 Å². The summed E-state index contributed by atoms with van der Waals surface area (Å²) < 4.78 is 20.5. The Bertz CT molecular complexity index is 663. The fourth-order valence-corrected chi connectivity index (χ4v) is 2.02. The largest absolute Gasteiger partial charge is 0.497 e. The fourth-order valence-electron chi connectivity index (χ4n) is 2.02. The molecule has 0 spiro atoms. The van der Waals surface area contributed by atoms with Gasteiger partial charge in [0.25, 0.3) is 6.47 Å². The van der Waals surface area contributed by atoms with Crippen molar-refractivity contribution >= 4 is 12.4 Å². The minimum absolute atomic E-state index is 0.392. The van der Waals surface area contributed by atoms with Gasteiger partial charge in [-0.15, -0.1) is 0 Å². The number of esters is 1. The van der Waals surface area contributed by atoms with Crippen LogP contribution in [0.25, 0.3) is 0 Å². The van der Waals surface area contributed by atoms with E-state index in [0.29, 0.717) is 42.5 Å². The number of carbonyl (C=O) groups excluding carboxylic acids is 2. The van der Waals surface area contributed by atoms with E-state index in [1.807, 2.05) is 0 Å². The number of methoxy groups -OCH3 is 1. The Balaban J connectivity index is 1.79. The predicted molar refractivity (Wildman–Crippen MR) is 91.1 cm³/mol. The third-order valence-corrected chi connectivity index (χ3v) is 3.35. The lowest BCUT2D eigenvalue weighted by atomic mass is 10.2. The van der Waals surface area contributed by atoms with Gasteiger partial charge in [0.15, 0.2) is 0 Å². The summed E-state index contributed by atoms with van der Waals surface area (Å²) in [7, 11) is 1.57. The van der Waals surface area contributed by atoms with Crippen LogP contribution in [0, 0.1) is 0 Å². The lowest BCUT2D eigenvalue weighted by molar-refractivity contribution is -0.128. The fraction of sp³-hybridized carbons (Fsp3) is 0.263. The molecule has 0 aromatic heterocycles. The SMILES string of the molecule is COc1ccc(OC(=O)c2ccc(OCCCCOC=O)cc2)cc1. The summed E-state index contributed by atoms with van der Waals surface area (Å²) in [5.74, 6) is 1.36. The van der Waals surface area contributed by atoms with Crippen molar-refractivity contribution in [2.24, 2.45) is 0 Å². The molecule has 0 amide bonds. The van der Waals surface area contributed by atoms with Gasteiger partial charge in [-0.3, -0.25) is 4.79 Å². The maximum absolute atomic E-state index is 12.1. The molecule has 0 bridgehead atoms. The van der Waals surface area contributed by atoms with Crippen molar-refractivity contribution in [3.63, 3.8) is 0 Å². The molecule has 0 aliphatic carbocycles. The highest BCUT2D eigenvalue weighted by Gasteiger charge is 2.09. The number of ether oxygens (including phenoxy) is 4. The van der Waals surface area contributed by atoms with Crippen molar-refractivity contribution in [1.82, 2.24) is 0 Å². The van der Waals surface area contributed by atoms with E-state index in [9.17, 15) is 9.59 Å². The summed E-state index contributed by atoms with van der Waals surface area (Å²) in [6.45, 7) is 1.34. The number of benzene rings is 2. The molecular weight excluding hydrogens is 324 g/mol. The Hall–Kier alpha value is -3.02. The Labute approximate surface area is 146 Å². The van der Waals surface area contributed by atoms with Crippen LogP contribution in [-0.4, -0.2) is 32.8 Å². The van der Waals surface area contributed by atoms with Crippen molar-refractivity contribution in [3.8, 4) is 17.2 Å². The van der Waals surface area contributed by atoms with E-state index in [0.717, 1.165) is 12.8 Å². The molecule has 0 fully saturated rings. The van der Waals surface area contributed by atoms with Crippen molar-refractivity contribution in [1.29, 1.82) is 0 Å². The minimum atomic E-state index is -0.442. The second kappa shape index (κ2) is 9.97. The molecule has 6 heteroatoms. The molecule has 0 saturated heterocycles. The first-order valence-corrected chi connectivity index (χ1v) is 7.87. The highest BCUT2D eigenvalue weighted by atomic mass is 16.5. The molecule has 0 aliphatic rings. The van der Waals surface area contributed by atoms with Crippen LogP contribution in [0.3, 0.4) is 0 Å². The topological polar surface area (TPSA) is 71.1 Å². The lowest BCUT2D eigenvalue weighted by Gasteiger charge is -2.08. The Morgan fingerprint density at radius 2 is 1.48 bits per heavy atom. The quantitative estimate of drug-likeness (QED) is 0.285. The Morgan fingerprint density at radius 3 is 2.12 bits per heavy atom. The molecule has 25 heavy (non-hydrogen) atoms. The van der Waals surface area contributed by atoms with Crippen LogP contribution < -0.4 is 14.2 Å². The summed E-state index contributed by atoms with van der Waals surface area (Å²) >= 11 is 0. The first kappa shape index (κ1) is 18.3. The molecule has 132 valence electrons. The van der Waals surface area contributed by atoms with Gasteiger partial charge in [0, 0.05) is 0 Å². The van der Waals surface area contributed by atoms with Crippen LogP contribution in [0.5, 0.6) is 17.2 Å². The molecule has 0 heterocycles. The minimum Gasteiger partial charge on any atom is -0.497 e. The van der Waals surface area contributed by atoms with Gasteiger partial charge in [-0.25, -0.2) is 4.79 Å². The molecule has 2 rings (SSSR count). The van der Waals surface area contributed by atoms with Crippen molar-refractivity contribution in [2.45, 2.75) is 12.8 Å². The van der Waals surface area contributed by atoms with Crippen LogP contribution in [0.15, 0.2) is 48.5 Å². The summed E-state index contributed by atoms with van der Waals surface area (Å²) in [5.41, 5.74) is 0.433. The zero-order chi connectivity index (χ0) is 17.9. The molecule has 0 N–H and O–H groups in total. The number of hydrogen-bond donors (Lipinski definition) is 0. The summed E-state index contributed by atoms with van der Waals surface area (Å²) in [6.07, 6.45) is 1.51. The van der Waals surface area contributed by atoms with Gasteiger partial charge in [0.2, 0.25) is 0 Å². The molecule has 2 aromatic rings. The van der Waals surface area contributed by atoms with Crippen LogP contribution in [-0.2, 0) is 9.53 Å². The predicted octanol–water partition coefficient (Wildman–Crippen LogP) is 3.25. The van der Waals surface area contributed by atoms with Gasteiger partial charge in [0.1, 0.15) is 17.2 Å². The lowest BCUT2D eigenvalue weighted by Crippen LogP contribution is -2.08. The van der Waals surface area contributed by atoms with Crippen molar-refractivity contribution in [3.05, 3.63) is 54.1 Å². The second-order valence-electron chi connectivity index (χ2n) is 5.11. The Kier molecular flexibility index (Phi) is 7.31. The molecule has 0 unspecified atom stereocenters. The van der Waals surface area contributed by atoms with E-state index in [2.05, 4.69) is 4.74 Å². The molecular formula is C19H20O6. The van der Waals surface area contributed by atoms with Crippen LogP contribution in [0.4, 0.5) is 0 Å². The average molecular weight is 344 g/mol. The molecule has 2 aromatic carbocycles. The third kappa shape index (κ3) is 6.18. The summed E-state index contributed by atoms with van der Waals surface area (Å²) in [6, 6.07) is 13.5. The van der Waals surface area contributed by atoms with E-state index in [-0.39, 0.29) is 0 Å². The first-order valence-electron chi connectivity index (χ1n) is 7.87. The van der Waals surface area contributed by atoms with E-state index in [1.165, 1.54) is 0 Å². The molecule has 0 radical (unpaired) electrons. The van der Waals surface area contributed by atoms with Crippen molar-refractivity contribution < 1.29 is 28.5 Å². The van der Waals surface area contributed by atoms with E-state index >= 15 is 0 Å². The molecule has 6 nitrogen and oxygen atoms in total. The Morgan fingerprint density at radius 1 is 0.880 bits per heavy atom. The summed E-state index contributed by atoms with van der Waals surface area (Å²) in [4.78, 5) is 22.1. The van der Waals surface area contributed by atoms with Crippen molar-refractivity contribution in [2.75, 3.05) is 20.3 Å². The zero-order valence-electron chi connectivity index (χ0n) is 14.0. The molecule has 0 atom stereocenters. The normalized spacial score (nSPS) is 9.96. The molecule has 0 aliphatic heterocycles. The highest BCUT2D eigenvalue weighted by Crippen LogP contribution is 2.19. The number of hydrogen-bond acceptors (Lipinski definition) is 6. The second-order valence-corrected chi connectivity index (χ2v) is 5.11.